The summed E-state index contributed by atoms with van der Waals surface area (Å²) in [7, 11) is 0. The summed E-state index contributed by atoms with van der Waals surface area (Å²) in [4.78, 5) is 0. The van der Waals surface area contributed by atoms with Crippen LogP contribution in [0.2, 0.25) is 0 Å². The van der Waals surface area contributed by atoms with Crippen molar-refractivity contribution >= 4 is 11.4 Å². The zero-order valence-corrected chi connectivity index (χ0v) is 12.3. The highest BCUT2D eigenvalue weighted by atomic mass is 14.6. The van der Waals surface area contributed by atoms with E-state index in [1.54, 1.807) is 0 Å². The molecule has 0 atom stereocenters. The molecule has 1 aromatic rings. The van der Waals surface area contributed by atoms with Crippen LogP contribution in [0.25, 0.3) is 0 Å². The summed E-state index contributed by atoms with van der Waals surface area (Å²) in [6.45, 7) is 8.64. The first-order valence-corrected chi connectivity index (χ1v) is 7.07. The molecule has 0 bridgehead atoms. The first kappa shape index (κ1) is 14.9. The maximum Gasteiger partial charge on any atom is 0.0397 e. The van der Waals surface area contributed by atoms with Crippen LogP contribution in [0.4, 0.5) is 11.4 Å². The second-order valence-corrected chi connectivity index (χ2v) is 5.80. The normalized spacial score (nSPS) is 11.2. The highest BCUT2D eigenvalue weighted by molar-refractivity contribution is 5.68. The van der Waals surface area contributed by atoms with Crippen LogP contribution in [0.3, 0.4) is 0 Å². The molecular formula is C16H28N2. The first-order valence-electron chi connectivity index (χ1n) is 7.07. The highest BCUT2D eigenvalue weighted by Gasteiger charge is 2.08. The molecular weight excluding hydrogens is 220 g/mol. The molecule has 0 aliphatic rings. The first-order chi connectivity index (χ1) is 8.43. The number of benzene rings is 1. The number of rotatable bonds is 6. The van der Waals surface area contributed by atoms with Gasteiger partial charge in [0.15, 0.2) is 0 Å². The Morgan fingerprint density at radius 1 is 1.00 bits per heavy atom. The average Bonchev–Trinajstić information content (AvgIpc) is 2.32. The number of unbranched alkanes of at least 4 members (excludes halogenated alkanes) is 2. The molecule has 0 aliphatic carbocycles. The minimum absolute atomic E-state index is 0.816. The van der Waals surface area contributed by atoms with Crippen molar-refractivity contribution in [2.75, 3.05) is 11.5 Å². The van der Waals surface area contributed by atoms with Crippen LogP contribution in [0.5, 0.6) is 0 Å². The van der Waals surface area contributed by atoms with Gasteiger partial charge < -0.3 is 11.5 Å². The molecule has 0 amide bonds. The third-order valence-corrected chi connectivity index (χ3v) is 3.70. The number of hydrogen-bond acceptors (Lipinski definition) is 2. The largest absolute Gasteiger partial charge is 0.398 e. The van der Waals surface area contributed by atoms with Crippen LogP contribution in [0.15, 0.2) is 6.07 Å². The summed E-state index contributed by atoms with van der Waals surface area (Å²) in [5.74, 6) is 0.816. The van der Waals surface area contributed by atoms with Crippen molar-refractivity contribution < 1.29 is 0 Å². The lowest BCUT2D eigenvalue weighted by atomic mass is 9.97. The summed E-state index contributed by atoms with van der Waals surface area (Å²) >= 11 is 0. The van der Waals surface area contributed by atoms with E-state index in [0.29, 0.717) is 0 Å². The Balaban J connectivity index is 2.53. The van der Waals surface area contributed by atoms with E-state index < -0.39 is 0 Å². The van der Waals surface area contributed by atoms with Crippen molar-refractivity contribution in [2.24, 2.45) is 5.92 Å². The maximum absolute atomic E-state index is 6.14. The Kier molecular flexibility index (Phi) is 5.52. The molecule has 0 heterocycles. The van der Waals surface area contributed by atoms with E-state index in [2.05, 4.69) is 26.8 Å². The van der Waals surface area contributed by atoms with Gasteiger partial charge in [-0.15, -0.1) is 0 Å². The summed E-state index contributed by atoms with van der Waals surface area (Å²) in [6, 6.07) is 2.15. The summed E-state index contributed by atoms with van der Waals surface area (Å²) < 4.78 is 0. The minimum Gasteiger partial charge on any atom is -0.398 e. The van der Waals surface area contributed by atoms with Gasteiger partial charge in [-0.3, -0.25) is 0 Å². The number of hydrogen-bond donors (Lipinski definition) is 2. The smallest absolute Gasteiger partial charge is 0.0397 e. The minimum atomic E-state index is 0.816. The topological polar surface area (TPSA) is 52.0 Å². The molecule has 0 saturated carbocycles. The van der Waals surface area contributed by atoms with Crippen LogP contribution in [-0.2, 0) is 6.42 Å². The second-order valence-electron chi connectivity index (χ2n) is 5.80. The Hall–Kier alpha value is -1.18. The van der Waals surface area contributed by atoms with E-state index >= 15 is 0 Å². The molecule has 2 heteroatoms. The van der Waals surface area contributed by atoms with Crippen LogP contribution in [0.1, 0.15) is 56.2 Å². The van der Waals surface area contributed by atoms with Gasteiger partial charge in [-0.1, -0.05) is 39.2 Å². The summed E-state index contributed by atoms with van der Waals surface area (Å²) in [6.07, 6.45) is 6.24. The van der Waals surface area contributed by atoms with Gasteiger partial charge in [0, 0.05) is 11.4 Å². The van der Waals surface area contributed by atoms with E-state index in [-0.39, 0.29) is 0 Å². The molecule has 102 valence electrons. The van der Waals surface area contributed by atoms with Crippen LogP contribution in [0, 0.1) is 19.8 Å². The molecule has 0 radical (unpaired) electrons. The standard InChI is InChI=1S/C16H28N2/c1-11(2)8-6-5-7-9-14-10-12(3)15(17)13(4)16(14)18/h10-11H,5-9,17-18H2,1-4H3. The Morgan fingerprint density at radius 3 is 2.28 bits per heavy atom. The Labute approximate surface area is 112 Å². The Morgan fingerprint density at radius 2 is 1.67 bits per heavy atom. The van der Waals surface area contributed by atoms with Crippen LogP contribution < -0.4 is 11.5 Å². The lowest BCUT2D eigenvalue weighted by molar-refractivity contribution is 0.527. The van der Waals surface area contributed by atoms with E-state index in [4.69, 9.17) is 11.5 Å². The molecule has 1 aromatic carbocycles. The van der Waals surface area contributed by atoms with Crippen molar-refractivity contribution in [3.8, 4) is 0 Å². The second kappa shape index (κ2) is 6.67. The van der Waals surface area contributed by atoms with Gasteiger partial charge in [0.25, 0.3) is 0 Å². The van der Waals surface area contributed by atoms with Gasteiger partial charge in [-0.2, -0.15) is 0 Å². The zero-order chi connectivity index (χ0) is 13.7. The molecule has 0 saturated heterocycles. The summed E-state index contributed by atoms with van der Waals surface area (Å²) in [5.41, 5.74) is 17.3. The van der Waals surface area contributed by atoms with Crippen LogP contribution >= 0.6 is 0 Å². The zero-order valence-electron chi connectivity index (χ0n) is 12.3. The molecule has 0 aromatic heterocycles. The van der Waals surface area contributed by atoms with Crippen molar-refractivity contribution in [3.63, 3.8) is 0 Å². The summed E-state index contributed by atoms with van der Waals surface area (Å²) in [5, 5.41) is 0. The molecule has 0 aliphatic heterocycles. The quantitative estimate of drug-likeness (QED) is 0.585. The van der Waals surface area contributed by atoms with E-state index in [0.717, 1.165) is 34.8 Å². The molecule has 0 spiro atoms. The predicted molar refractivity (Wildman–Crippen MR) is 81.8 cm³/mol. The molecule has 1 rings (SSSR count). The van der Waals surface area contributed by atoms with Crippen molar-refractivity contribution in [1.29, 1.82) is 0 Å². The molecule has 0 unspecified atom stereocenters. The van der Waals surface area contributed by atoms with Crippen molar-refractivity contribution in [1.82, 2.24) is 0 Å². The van der Waals surface area contributed by atoms with E-state index in [1.165, 1.54) is 31.2 Å². The van der Waals surface area contributed by atoms with Crippen molar-refractivity contribution in [2.45, 2.75) is 59.8 Å². The highest BCUT2D eigenvalue weighted by Crippen LogP contribution is 2.27. The van der Waals surface area contributed by atoms with Gasteiger partial charge >= 0.3 is 0 Å². The van der Waals surface area contributed by atoms with Crippen LogP contribution in [-0.4, -0.2) is 0 Å². The number of anilines is 2. The van der Waals surface area contributed by atoms with Gasteiger partial charge in [-0.25, -0.2) is 0 Å². The van der Waals surface area contributed by atoms with Gasteiger partial charge in [0.1, 0.15) is 0 Å². The SMILES string of the molecule is Cc1cc(CCCCCC(C)C)c(N)c(C)c1N. The molecule has 2 nitrogen and oxygen atoms in total. The van der Waals surface area contributed by atoms with E-state index in [9.17, 15) is 0 Å². The number of nitrogens with two attached hydrogens (primary N) is 2. The molecule has 18 heavy (non-hydrogen) atoms. The fourth-order valence-corrected chi connectivity index (χ4v) is 2.35. The van der Waals surface area contributed by atoms with Gasteiger partial charge in [-0.05, 0) is 49.3 Å². The van der Waals surface area contributed by atoms with E-state index in [1.807, 2.05) is 6.92 Å². The van der Waals surface area contributed by atoms with Gasteiger partial charge in [0.2, 0.25) is 0 Å². The predicted octanol–water partition coefficient (Wildman–Crippen LogP) is 4.23. The Bertz CT molecular complexity index is 395. The lowest BCUT2D eigenvalue weighted by Gasteiger charge is -2.13. The molecule has 4 N–H and O–H groups in total. The third kappa shape index (κ3) is 3.94. The number of nitrogen functional groups attached to an aromatic ring is 2. The third-order valence-electron chi connectivity index (χ3n) is 3.70. The fraction of sp³-hybridized carbons (Fsp3) is 0.625. The lowest BCUT2D eigenvalue weighted by Crippen LogP contribution is -2.03. The monoisotopic (exact) mass is 248 g/mol. The van der Waals surface area contributed by atoms with Gasteiger partial charge in [0.05, 0.1) is 0 Å². The fourth-order valence-electron chi connectivity index (χ4n) is 2.35. The maximum atomic E-state index is 6.14. The number of aryl methyl sites for hydroxylation is 2. The average molecular weight is 248 g/mol. The van der Waals surface area contributed by atoms with Crippen molar-refractivity contribution in [3.05, 3.63) is 22.8 Å². The molecule has 0 fully saturated rings.